The number of benzene rings is 2. The van der Waals surface area contributed by atoms with Gasteiger partial charge in [-0.15, -0.1) is 0 Å². The van der Waals surface area contributed by atoms with Crippen LogP contribution in [0.2, 0.25) is 0 Å². The van der Waals surface area contributed by atoms with E-state index >= 15 is 0 Å². The Morgan fingerprint density at radius 3 is 2.52 bits per heavy atom. The average molecular weight is 453 g/mol. The number of carbonyl (C=O) groups excluding carboxylic acids is 3. The van der Waals surface area contributed by atoms with E-state index in [9.17, 15) is 14.4 Å². The quantitative estimate of drug-likeness (QED) is 0.627. The van der Waals surface area contributed by atoms with Gasteiger partial charge in [-0.3, -0.25) is 14.5 Å². The summed E-state index contributed by atoms with van der Waals surface area (Å²) in [6.45, 7) is 8.53. The molecule has 2 aromatic rings. The third-order valence-electron chi connectivity index (χ3n) is 5.97. The van der Waals surface area contributed by atoms with Gasteiger partial charge in [-0.25, -0.2) is 4.79 Å². The highest BCUT2D eigenvalue weighted by Crippen LogP contribution is 2.37. The highest BCUT2D eigenvalue weighted by atomic mass is 16.7. The molecule has 1 unspecified atom stereocenters. The molecule has 0 aliphatic carbocycles. The van der Waals surface area contributed by atoms with Crippen LogP contribution in [0.25, 0.3) is 0 Å². The molecule has 174 valence electrons. The lowest BCUT2D eigenvalue weighted by molar-refractivity contribution is -0.133. The second kappa shape index (κ2) is 8.65. The monoisotopic (exact) mass is 452 g/mol. The van der Waals surface area contributed by atoms with Crippen molar-refractivity contribution >= 4 is 29.2 Å². The lowest BCUT2D eigenvalue weighted by Crippen LogP contribution is -2.42. The first-order chi connectivity index (χ1) is 15.7. The maximum Gasteiger partial charge on any atom is 0.325 e. The zero-order chi connectivity index (χ0) is 23.8. The first kappa shape index (κ1) is 22.4. The van der Waals surface area contributed by atoms with Gasteiger partial charge in [-0.1, -0.05) is 6.07 Å². The molecule has 2 aliphatic rings. The molecule has 9 nitrogen and oxygen atoms in total. The van der Waals surface area contributed by atoms with Crippen molar-refractivity contribution in [3.8, 4) is 11.5 Å². The summed E-state index contributed by atoms with van der Waals surface area (Å²) in [5.74, 6) is 0.121. The molecule has 33 heavy (non-hydrogen) atoms. The van der Waals surface area contributed by atoms with E-state index in [0.29, 0.717) is 28.8 Å². The van der Waals surface area contributed by atoms with Crippen LogP contribution in [0.15, 0.2) is 42.5 Å². The molecule has 0 saturated carbocycles. The van der Waals surface area contributed by atoms with E-state index in [1.807, 2.05) is 12.1 Å². The molecule has 0 aromatic heterocycles. The zero-order valence-electron chi connectivity index (χ0n) is 19.2. The van der Waals surface area contributed by atoms with Crippen molar-refractivity contribution < 1.29 is 23.9 Å². The van der Waals surface area contributed by atoms with Crippen LogP contribution >= 0.6 is 0 Å². The highest BCUT2D eigenvalue weighted by molar-refractivity contribution is 6.10. The Balaban J connectivity index is 1.43. The molecule has 1 atom stereocenters. The Morgan fingerprint density at radius 2 is 1.85 bits per heavy atom. The Labute approximate surface area is 192 Å². The largest absolute Gasteiger partial charge is 0.454 e. The number of carbonyl (C=O) groups is 3. The number of urea groups is 1. The van der Waals surface area contributed by atoms with E-state index in [1.54, 1.807) is 37.3 Å². The molecule has 0 bridgehead atoms. The van der Waals surface area contributed by atoms with Gasteiger partial charge in [-0.2, -0.15) is 0 Å². The van der Waals surface area contributed by atoms with Crippen molar-refractivity contribution in [2.45, 2.75) is 39.3 Å². The van der Waals surface area contributed by atoms with Crippen molar-refractivity contribution in [1.29, 1.82) is 0 Å². The molecule has 0 radical (unpaired) electrons. The van der Waals surface area contributed by atoms with E-state index in [0.717, 1.165) is 17.1 Å². The fourth-order valence-electron chi connectivity index (χ4n) is 4.17. The molecule has 1 fully saturated rings. The molecule has 4 rings (SSSR count). The van der Waals surface area contributed by atoms with Crippen molar-refractivity contribution in [3.63, 3.8) is 0 Å². The number of anilines is 2. The molecule has 2 N–H and O–H groups in total. The van der Waals surface area contributed by atoms with Crippen molar-refractivity contribution in [2.24, 2.45) is 0 Å². The number of rotatable bonds is 7. The number of nitrogens with one attached hydrogen (secondary N) is 2. The fraction of sp³-hybridized carbons (Fsp3) is 0.375. The Morgan fingerprint density at radius 1 is 1.15 bits per heavy atom. The summed E-state index contributed by atoms with van der Waals surface area (Å²) in [5.41, 5.74) is 0.892. The maximum absolute atomic E-state index is 13.1. The average Bonchev–Trinajstić information content (AvgIpc) is 3.33. The molecule has 2 heterocycles. The molecule has 1 saturated heterocycles. The predicted octanol–water partition coefficient (Wildman–Crippen LogP) is 3.06. The lowest BCUT2D eigenvalue weighted by atomic mass is 9.91. The van der Waals surface area contributed by atoms with Crippen LogP contribution in [0.4, 0.5) is 16.2 Å². The molecule has 9 heteroatoms. The Kier molecular flexibility index (Phi) is 5.88. The summed E-state index contributed by atoms with van der Waals surface area (Å²) >= 11 is 0. The summed E-state index contributed by atoms with van der Waals surface area (Å²) < 4.78 is 10.7. The number of amides is 4. The Bertz CT molecular complexity index is 1080. The van der Waals surface area contributed by atoms with Gasteiger partial charge in [0, 0.05) is 24.0 Å². The topological polar surface area (TPSA) is 100 Å². The first-order valence-electron chi connectivity index (χ1n) is 10.9. The third-order valence-corrected chi connectivity index (χ3v) is 5.97. The zero-order valence-corrected chi connectivity index (χ0v) is 19.2. The van der Waals surface area contributed by atoms with E-state index in [-0.39, 0.29) is 13.3 Å². The van der Waals surface area contributed by atoms with Crippen LogP contribution in [-0.2, 0) is 15.1 Å². The van der Waals surface area contributed by atoms with Gasteiger partial charge in [0.05, 0.1) is 0 Å². The molecule has 4 amide bonds. The van der Waals surface area contributed by atoms with Crippen LogP contribution in [0.1, 0.15) is 33.3 Å². The van der Waals surface area contributed by atoms with E-state index in [2.05, 4.69) is 36.3 Å². The van der Waals surface area contributed by atoms with Crippen molar-refractivity contribution in [2.75, 3.05) is 30.1 Å². The van der Waals surface area contributed by atoms with Gasteiger partial charge in [0.25, 0.3) is 5.91 Å². The summed E-state index contributed by atoms with van der Waals surface area (Å²) in [6, 6.07) is 12.3. The number of hydrogen-bond donors (Lipinski definition) is 2. The van der Waals surface area contributed by atoms with Gasteiger partial charge in [0.1, 0.15) is 12.1 Å². The second-order valence-electron chi connectivity index (χ2n) is 8.49. The van der Waals surface area contributed by atoms with Crippen LogP contribution in [0, 0.1) is 0 Å². The van der Waals surface area contributed by atoms with Gasteiger partial charge in [0.15, 0.2) is 11.5 Å². The van der Waals surface area contributed by atoms with Crippen LogP contribution < -0.4 is 25.0 Å². The molecule has 2 aromatic carbocycles. The van der Waals surface area contributed by atoms with Gasteiger partial charge in [0.2, 0.25) is 12.7 Å². The molecular weight excluding hydrogens is 424 g/mol. The predicted molar refractivity (Wildman–Crippen MR) is 123 cm³/mol. The highest BCUT2D eigenvalue weighted by Gasteiger charge is 2.49. The summed E-state index contributed by atoms with van der Waals surface area (Å²) in [7, 11) is 0. The summed E-state index contributed by atoms with van der Waals surface area (Å²) in [6.07, 6.45) is 0. The molecular formula is C24H28N4O5. The number of fused-ring (bicyclic) bond motifs is 1. The van der Waals surface area contributed by atoms with Crippen molar-refractivity contribution in [1.82, 2.24) is 10.2 Å². The Hall–Kier alpha value is -3.75. The van der Waals surface area contributed by atoms with Crippen LogP contribution in [0.3, 0.4) is 0 Å². The molecule has 2 aliphatic heterocycles. The minimum absolute atomic E-state index is 0.108. The second-order valence-corrected chi connectivity index (χ2v) is 8.49. The van der Waals surface area contributed by atoms with E-state index < -0.39 is 23.4 Å². The van der Waals surface area contributed by atoms with Gasteiger partial charge < -0.3 is 25.0 Å². The first-order valence-corrected chi connectivity index (χ1v) is 10.9. The van der Waals surface area contributed by atoms with Gasteiger partial charge in [-0.05, 0) is 69.7 Å². The number of hydrogen-bond acceptors (Lipinski definition) is 6. The SMILES string of the molecule is CCN(c1ccc(NC(=O)CN2C(=O)NC(C)(c3ccc4c(c3)OCO4)C2=O)cc1)C(C)C. The van der Waals surface area contributed by atoms with Crippen LogP contribution in [-0.4, -0.2) is 48.7 Å². The van der Waals surface area contributed by atoms with E-state index in [4.69, 9.17) is 9.47 Å². The normalized spacial score (nSPS) is 19.1. The van der Waals surface area contributed by atoms with Crippen molar-refractivity contribution in [3.05, 3.63) is 48.0 Å². The number of nitrogens with zero attached hydrogens (tertiary/aromatic N) is 2. The standard InChI is InChI=1S/C24H28N4O5/c1-5-27(15(2)3)18-9-7-17(8-10-18)25-21(29)13-28-22(30)24(4,26-23(28)31)16-6-11-19-20(12-16)33-14-32-19/h6-12,15H,5,13-14H2,1-4H3,(H,25,29)(H,26,31). The lowest BCUT2D eigenvalue weighted by Gasteiger charge is -2.27. The minimum atomic E-state index is -1.31. The summed E-state index contributed by atoms with van der Waals surface area (Å²) in [5, 5.41) is 5.46. The smallest absolute Gasteiger partial charge is 0.325 e. The number of ether oxygens (including phenoxy) is 2. The molecule has 0 spiro atoms. The maximum atomic E-state index is 13.1. The fourth-order valence-corrected chi connectivity index (χ4v) is 4.17. The summed E-state index contributed by atoms with van der Waals surface area (Å²) in [4.78, 5) is 41.5. The van der Waals surface area contributed by atoms with Crippen LogP contribution in [0.5, 0.6) is 11.5 Å². The minimum Gasteiger partial charge on any atom is -0.454 e. The van der Waals surface area contributed by atoms with Gasteiger partial charge >= 0.3 is 6.03 Å². The number of imide groups is 1. The third kappa shape index (κ3) is 4.18. The van der Waals surface area contributed by atoms with E-state index in [1.165, 1.54) is 0 Å².